The van der Waals surface area contributed by atoms with Gasteiger partial charge < -0.3 is 5.73 Å². The van der Waals surface area contributed by atoms with Crippen molar-refractivity contribution in [2.45, 2.75) is 26.2 Å². The summed E-state index contributed by atoms with van der Waals surface area (Å²) in [5.74, 6) is 0. The third-order valence-corrected chi connectivity index (χ3v) is 3.37. The third-order valence-electron chi connectivity index (χ3n) is 3.06. The fourth-order valence-corrected chi connectivity index (χ4v) is 2.21. The van der Waals surface area contributed by atoms with Gasteiger partial charge in [-0.3, -0.25) is 0 Å². The summed E-state index contributed by atoms with van der Waals surface area (Å²) in [5, 5.41) is 0.693. The maximum absolute atomic E-state index is 6.21. The predicted octanol–water partition coefficient (Wildman–Crippen LogP) is 4.89. The van der Waals surface area contributed by atoms with Gasteiger partial charge in [0.15, 0.2) is 0 Å². The van der Waals surface area contributed by atoms with Gasteiger partial charge in [0, 0.05) is 11.3 Å². The highest BCUT2D eigenvalue weighted by atomic mass is 35.5. The van der Waals surface area contributed by atoms with Crippen LogP contribution in [0.2, 0.25) is 5.02 Å². The summed E-state index contributed by atoms with van der Waals surface area (Å²) in [4.78, 5) is 0. The molecule has 2 aromatic carbocycles. The van der Waals surface area contributed by atoms with Crippen molar-refractivity contribution in [3.63, 3.8) is 0 Å². The van der Waals surface area contributed by atoms with E-state index in [2.05, 4.69) is 45.0 Å². The summed E-state index contributed by atoms with van der Waals surface area (Å²) in [6, 6.07) is 14.2. The van der Waals surface area contributed by atoms with Crippen molar-refractivity contribution < 1.29 is 0 Å². The van der Waals surface area contributed by atoms with Crippen LogP contribution in [0.3, 0.4) is 0 Å². The Morgan fingerprint density at radius 2 is 1.56 bits per heavy atom. The van der Waals surface area contributed by atoms with Crippen molar-refractivity contribution in [3.05, 3.63) is 53.1 Å². The predicted molar refractivity (Wildman–Crippen MR) is 80.0 cm³/mol. The number of halogens is 1. The van der Waals surface area contributed by atoms with E-state index in [0.29, 0.717) is 10.7 Å². The average molecular weight is 260 g/mol. The molecule has 0 spiro atoms. The second kappa shape index (κ2) is 4.66. The number of rotatable bonds is 1. The normalized spacial score (nSPS) is 11.6. The molecule has 0 radical (unpaired) electrons. The summed E-state index contributed by atoms with van der Waals surface area (Å²) in [6.45, 7) is 6.62. The van der Waals surface area contributed by atoms with Crippen LogP contribution in [-0.2, 0) is 5.41 Å². The Labute approximate surface area is 114 Å². The minimum Gasteiger partial charge on any atom is -0.399 e. The summed E-state index contributed by atoms with van der Waals surface area (Å²) in [7, 11) is 0. The highest BCUT2D eigenvalue weighted by molar-refractivity contribution is 6.33. The van der Waals surface area contributed by atoms with Crippen LogP contribution in [0.4, 0.5) is 5.69 Å². The zero-order valence-electron chi connectivity index (χ0n) is 11.0. The third kappa shape index (κ3) is 2.68. The largest absolute Gasteiger partial charge is 0.399 e. The van der Waals surface area contributed by atoms with E-state index in [0.717, 1.165) is 11.1 Å². The Balaban J connectivity index is 2.41. The number of anilines is 1. The van der Waals surface area contributed by atoms with E-state index in [-0.39, 0.29) is 5.41 Å². The summed E-state index contributed by atoms with van der Waals surface area (Å²) < 4.78 is 0. The highest BCUT2D eigenvalue weighted by Crippen LogP contribution is 2.31. The van der Waals surface area contributed by atoms with Gasteiger partial charge >= 0.3 is 0 Å². The topological polar surface area (TPSA) is 26.0 Å². The number of nitrogens with two attached hydrogens (primary N) is 1. The maximum atomic E-state index is 6.21. The van der Waals surface area contributed by atoms with Gasteiger partial charge in [-0.2, -0.15) is 0 Å². The van der Waals surface area contributed by atoms with Crippen molar-refractivity contribution in [3.8, 4) is 11.1 Å². The lowest BCUT2D eigenvalue weighted by molar-refractivity contribution is 0.590. The van der Waals surface area contributed by atoms with Crippen LogP contribution in [-0.4, -0.2) is 0 Å². The van der Waals surface area contributed by atoms with Gasteiger partial charge in [-0.1, -0.05) is 62.7 Å². The van der Waals surface area contributed by atoms with Crippen LogP contribution in [0, 0.1) is 0 Å². The van der Waals surface area contributed by atoms with Crippen molar-refractivity contribution in [2.24, 2.45) is 0 Å². The van der Waals surface area contributed by atoms with Crippen molar-refractivity contribution >= 4 is 17.3 Å². The minimum atomic E-state index is 0.170. The standard InChI is InChI=1S/C16H18ClN/c1-16(2,3)12-6-4-11(5-7-12)14-9-8-13(18)10-15(14)17/h4-10H,18H2,1-3H3. The van der Waals surface area contributed by atoms with E-state index in [9.17, 15) is 0 Å². The first kappa shape index (κ1) is 13.0. The van der Waals surface area contributed by atoms with E-state index in [1.165, 1.54) is 5.56 Å². The van der Waals surface area contributed by atoms with Gasteiger partial charge in [0.05, 0.1) is 5.02 Å². The van der Waals surface area contributed by atoms with Crippen molar-refractivity contribution in [1.29, 1.82) is 0 Å². The first-order valence-electron chi connectivity index (χ1n) is 6.04. The van der Waals surface area contributed by atoms with Gasteiger partial charge in [-0.05, 0) is 28.7 Å². The number of hydrogen-bond acceptors (Lipinski definition) is 1. The summed E-state index contributed by atoms with van der Waals surface area (Å²) in [6.07, 6.45) is 0. The molecule has 0 unspecified atom stereocenters. The molecular formula is C16H18ClN. The van der Waals surface area contributed by atoms with Gasteiger partial charge in [0.25, 0.3) is 0 Å². The SMILES string of the molecule is CC(C)(C)c1ccc(-c2ccc(N)cc2Cl)cc1. The number of benzene rings is 2. The smallest absolute Gasteiger partial charge is 0.0504 e. The Morgan fingerprint density at radius 3 is 2.06 bits per heavy atom. The average Bonchev–Trinajstić information content (AvgIpc) is 2.28. The molecule has 0 fully saturated rings. The lowest BCUT2D eigenvalue weighted by Crippen LogP contribution is -2.10. The molecule has 0 atom stereocenters. The molecule has 0 aliphatic rings. The minimum absolute atomic E-state index is 0.170. The van der Waals surface area contributed by atoms with Crippen molar-refractivity contribution in [1.82, 2.24) is 0 Å². The lowest BCUT2D eigenvalue weighted by Gasteiger charge is -2.19. The van der Waals surface area contributed by atoms with E-state index >= 15 is 0 Å². The van der Waals surface area contributed by atoms with Crippen LogP contribution < -0.4 is 5.73 Å². The quantitative estimate of drug-likeness (QED) is 0.725. The first-order valence-corrected chi connectivity index (χ1v) is 6.42. The molecule has 2 N–H and O–H groups in total. The van der Waals surface area contributed by atoms with Crippen LogP contribution >= 0.6 is 11.6 Å². The van der Waals surface area contributed by atoms with E-state index in [1.54, 1.807) is 6.07 Å². The molecule has 2 heteroatoms. The Bertz CT molecular complexity index is 550. The molecule has 1 nitrogen and oxygen atoms in total. The van der Waals surface area contributed by atoms with Gasteiger partial charge in [-0.15, -0.1) is 0 Å². The molecule has 2 aromatic rings. The molecule has 2 rings (SSSR count). The highest BCUT2D eigenvalue weighted by Gasteiger charge is 2.13. The fraction of sp³-hybridized carbons (Fsp3) is 0.250. The van der Waals surface area contributed by atoms with E-state index in [1.807, 2.05) is 12.1 Å². The van der Waals surface area contributed by atoms with Crippen molar-refractivity contribution in [2.75, 3.05) is 5.73 Å². The van der Waals surface area contributed by atoms with E-state index in [4.69, 9.17) is 17.3 Å². The molecule has 0 aliphatic heterocycles. The molecule has 0 heterocycles. The molecule has 0 amide bonds. The molecule has 94 valence electrons. The fourth-order valence-electron chi connectivity index (χ4n) is 1.92. The zero-order valence-corrected chi connectivity index (χ0v) is 11.8. The van der Waals surface area contributed by atoms with Gasteiger partial charge in [0.1, 0.15) is 0 Å². The Hall–Kier alpha value is -1.47. The second-order valence-electron chi connectivity index (χ2n) is 5.57. The Kier molecular flexibility index (Phi) is 3.36. The molecule has 18 heavy (non-hydrogen) atoms. The second-order valence-corrected chi connectivity index (χ2v) is 5.97. The molecule has 0 bridgehead atoms. The molecule has 0 saturated carbocycles. The van der Waals surface area contributed by atoms with E-state index < -0.39 is 0 Å². The van der Waals surface area contributed by atoms with Crippen LogP contribution in [0.5, 0.6) is 0 Å². The number of nitrogen functional groups attached to an aromatic ring is 1. The maximum Gasteiger partial charge on any atom is 0.0504 e. The molecule has 0 aromatic heterocycles. The molecule has 0 aliphatic carbocycles. The lowest BCUT2D eigenvalue weighted by atomic mass is 9.86. The van der Waals surface area contributed by atoms with Gasteiger partial charge in [-0.25, -0.2) is 0 Å². The summed E-state index contributed by atoms with van der Waals surface area (Å²) >= 11 is 6.21. The summed E-state index contributed by atoms with van der Waals surface area (Å²) in [5.41, 5.74) is 10.0. The molecular weight excluding hydrogens is 242 g/mol. The zero-order chi connectivity index (χ0) is 13.3. The van der Waals surface area contributed by atoms with Crippen LogP contribution in [0.15, 0.2) is 42.5 Å². The van der Waals surface area contributed by atoms with Gasteiger partial charge in [0.2, 0.25) is 0 Å². The monoisotopic (exact) mass is 259 g/mol. The van der Waals surface area contributed by atoms with Crippen LogP contribution in [0.1, 0.15) is 26.3 Å². The Morgan fingerprint density at radius 1 is 0.944 bits per heavy atom. The number of hydrogen-bond donors (Lipinski definition) is 1. The first-order chi connectivity index (χ1) is 8.38. The molecule has 0 saturated heterocycles. The van der Waals surface area contributed by atoms with Crippen LogP contribution in [0.25, 0.3) is 11.1 Å².